The first-order valence-electron chi connectivity index (χ1n) is 6.95. The fraction of sp³-hybridized carbons (Fsp3) is 0.714. The number of anilines is 1. The molecule has 0 saturated carbocycles. The number of rotatable bonds is 2. The smallest absolute Gasteiger partial charge is 0.156 e. The molecule has 1 aromatic heterocycles. The summed E-state index contributed by atoms with van der Waals surface area (Å²) in [4.78, 5) is 4.74. The Kier molecular flexibility index (Phi) is 4.06. The quantitative estimate of drug-likeness (QED) is 0.865. The molecule has 0 spiro atoms. The monoisotopic (exact) mass is 263 g/mol. The molecule has 2 unspecified atom stereocenters. The molecule has 0 aliphatic carbocycles. The SMILES string of the molecule is Cc1nnc(N2CC(C)N(C)C(C)C2)c(CN)c1C. The van der Waals surface area contributed by atoms with Gasteiger partial charge in [0.25, 0.3) is 0 Å². The molecule has 0 bridgehead atoms. The second kappa shape index (κ2) is 5.43. The van der Waals surface area contributed by atoms with Crippen LogP contribution in [0.1, 0.15) is 30.7 Å². The average Bonchev–Trinajstić information content (AvgIpc) is 2.38. The van der Waals surface area contributed by atoms with Crippen LogP contribution in [0.2, 0.25) is 0 Å². The highest BCUT2D eigenvalue weighted by Gasteiger charge is 2.29. The van der Waals surface area contributed by atoms with Gasteiger partial charge in [0, 0.05) is 37.3 Å². The van der Waals surface area contributed by atoms with E-state index in [1.807, 2.05) is 6.92 Å². The maximum Gasteiger partial charge on any atom is 0.156 e. The van der Waals surface area contributed by atoms with Gasteiger partial charge in [-0.15, -0.1) is 5.10 Å². The topological polar surface area (TPSA) is 58.3 Å². The Balaban J connectivity index is 2.35. The molecule has 19 heavy (non-hydrogen) atoms. The van der Waals surface area contributed by atoms with E-state index in [9.17, 15) is 0 Å². The highest BCUT2D eigenvalue weighted by molar-refractivity contribution is 5.51. The number of likely N-dealkylation sites (N-methyl/N-ethyl adjacent to an activating group) is 1. The van der Waals surface area contributed by atoms with Gasteiger partial charge in [0.1, 0.15) is 0 Å². The number of piperazine rings is 1. The molecule has 1 aliphatic heterocycles. The van der Waals surface area contributed by atoms with Gasteiger partial charge in [-0.25, -0.2) is 0 Å². The molecule has 1 saturated heterocycles. The fourth-order valence-electron chi connectivity index (χ4n) is 2.72. The average molecular weight is 263 g/mol. The van der Waals surface area contributed by atoms with Crippen molar-refractivity contribution in [2.75, 3.05) is 25.0 Å². The van der Waals surface area contributed by atoms with Crippen molar-refractivity contribution in [2.24, 2.45) is 5.73 Å². The molecule has 2 heterocycles. The van der Waals surface area contributed by atoms with Gasteiger partial charge in [0.05, 0.1) is 5.69 Å². The van der Waals surface area contributed by atoms with Crippen LogP contribution < -0.4 is 10.6 Å². The lowest BCUT2D eigenvalue weighted by Crippen LogP contribution is -2.55. The Bertz CT molecular complexity index is 447. The molecule has 0 radical (unpaired) electrons. The summed E-state index contributed by atoms with van der Waals surface area (Å²) in [6, 6.07) is 1.02. The summed E-state index contributed by atoms with van der Waals surface area (Å²) in [5.74, 6) is 0.970. The first kappa shape index (κ1) is 14.2. The standard InChI is InChI=1S/C14H25N5/c1-9-7-19(8-10(2)18(9)5)14-13(6-15)11(3)12(4)16-17-14/h9-10H,6-8,15H2,1-5H3. The van der Waals surface area contributed by atoms with Gasteiger partial charge >= 0.3 is 0 Å². The van der Waals surface area contributed by atoms with E-state index in [1.165, 1.54) is 5.56 Å². The Labute approximate surface area is 115 Å². The lowest BCUT2D eigenvalue weighted by Gasteiger charge is -2.43. The number of hydrogen-bond donors (Lipinski definition) is 1. The highest BCUT2D eigenvalue weighted by atomic mass is 15.3. The summed E-state index contributed by atoms with van der Waals surface area (Å²) in [7, 11) is 2.18. The van der Waals surface area contributed by atoms with E-state index < -0.39 is 0 Å². The van der Waals surface area contributed by atoms with Crippen LogP contribution in [0.4, 0.5) is 5.82 Å². The van der Waals surface area contributed by atoms with Crippen LogP contribution in [0.5, 0.6) is 0 Å². The van der Waals surface area contributed by atoms with Crippen LogP contribution in [0.25, 0.3) is 0 Å². The van der Waals surface area contributed by atoms with Crippen LogP contribution in [0.15, 0.2) is 0 Å². The van der Waals surface area contributed by atoms with Crippen LogP contribution >= 0.6 is 0 Å². The lowest BCUT2D eigenvalue weighted by atomic mass is 10.1. The van der Waals surface area contributed by atoms with Crippen LogP contribution in [0.3, 0.4) is 0 Å². The van der Waals surface area contributed by atoms with Crippen molar-refractivity contribution < 1.29 is 0 Å². The first-order valence-corrected chi connectivity index (χ1v) is 6.95. The highest BCUT2D eigenvalue weighted by Crippen LogP contribution is 2.25. The van der Waals surface area contributed by atoms with Gasteiger partial charge in [-0.1, -0.05) is 0 Å². The summed E-state index contributed by atoms with van der Waals surface area (Å²) >= 11 is 0. The summed E-state index contributed by atoms with van der Waals surface area (Å²) in [6.45, 7) is 11.0. The first-order chi connectivity index (χ1) is 8.95. The van der Waals surface area contributed by atoms with E-state index >= 15 is 0 Å². The third kappa shape index (κ3) is 2.58. The van der Waals surface area contributed by atoms with E-state index in [0.29, 0.717) is 18.6 Å². The number of aryl methyl sites for hydroxylation is 1. The van der Waals surface area contributed by atoms with Crippen molar-refractivity contribution in [1.29, 1.82) is 0 Å². The van der Waals surface area contributed by atoms with Gasteiger partial charge in [-0.05, 0) is 40.3 Å². The van der Waals surface area contributed by atoms with E-state index in [0.717, 1.165) is 30.2 Å². The van der Waals surface area contributed by atoms with Gasteiger partial charge in [0.15, 0.2) is 5.82 Å². The van der Waals surface area contributed by atoms with Crippen molar-refractivity contribution in [1.82, 2.24) is 15.1 Å². The van der Waals surface area contributed by atoms with Gasteiger partial charge < -0.3 is 10.6 Å². The normalized spacial score (nSPS) is 24.8. The zero-order chi connectivity index (χ0) is 14.2. The van der Waals surface area contributed by atoms with Gasteiger partial charge in [-0.2, -0.15) is 5.10 Å². The Hall–Kier alpha value is -1.20. The minimum absolute atomic E-state index is 0.512. The predicted molar refractivity (Wildman–Crippen MR) is 78.3 cm³/mol. The number of nitrogens with two attached hydrogens (primary N) is 1. The zero-order valence-electron chi connectivity index (χ0n) is 12.6. The number of nitrogens with zero attached hydrogens (tertiary/aromatic N) is 4. The summed E-state index contributed by atoms with van der Waals surface area (Å²) in [5, 5.41) is 8.68. The zero-order valence-corrected chi connectivity index (χ0v) is 12.6. The van der Waals surface area contributed by atoms with Gasteiger partial charge in [0.2, 0.25) is 0 Å². The number of hydrogen-bond acceptors (Lipinski definition) is 5. The van der Waals surface area contributed by atoms with Gasteiger partial charge in [-0.3, -0.25) is 4.90 Å². The minimum Gasteiger partial charge on any atom is -0.352 e. The summed E-state index contributed by atoms with van der Waals surface area (Å²) < 4.78 is 0. The molecular formula is C14H25N5. The van der Waals surface area contributed by atoms with Crippen molar-refractivity contribution in [2.45, 2.75) is 46.3 Å². The molecule has 5 heteroatoms. The van der Waals surface area contributed by atoms with Crippen LogP contribution in [-0.2, 0) is 6.54 Å². The van der Waals surface area contributed by atoms with Crippen molar-refractivity contribution in [3.8, 4) is 0 Å². The number of aromatic nitrogens is 2. The minimum atomic E-state index is 0.512. The molecule has 5 nitrogen and oxygen atoms in total. The van der Waals surface area contributed by atoms with Crippen molar-refractivity contribution >= 4 is 5.82 Å². The molecule has 1 fully saturated rings. The molecule has 2 N–H and O–H groups in total. The van der Waals surface area contributed by atoms with Crippen LogP contribution in [-0.4, -0.2) is 47.3 Å². The maximum atomic E-state index is 5.92. The van der Waals surface area contributed by atoms with Crippen LogP contribution in [0, 0.1) is 13.8 Å². The Morgan fingerprint density at radius 1 is 1.16 bits per heavy atom. The second-order valence-corrected chi connectivity index (χ2v) is 5.69. The lowest BCUT2D eigenvalue weighted by molar-refractivity contribution is 0.169. The third-order valence-corrected chi connectivity index (χ3v) is 4.42. The predicted octanol–water partition coefficient (Wildman–Crippen LogP) is 1.08. The molecule has 2 atom stereocenters. The summed E-state index contributed by atoms with van der Waals surface area (Å²) in [5.41, 5.74) is 9.20. The Morgan fingerprint density at radius 2 is 1.74 bits per heavy atom. The van der Waals surface area contributed by atoms with E-state index in [2.05, 4.69) is 47.8 Å². The van der Waals surface area contributed by atoms with Crippen molar-refractivity contribution in [3.63, 3.8) is 0 Å². The maximum absolute atomic E-state index is 5.92. The largest absolute Gasteiger partial charge is 0.352 e. The van der Waals surface area contributed by atoms with E-state index in [1.54, 1.807) is 0 Å². The van der Waals surface area contributed by atoms with E-state index in [4.69, 9.17) is 5.73 Å². The molecule has 2 rings (SSSR count). The molecule has 1 aromatic rings. The Morgan fingerprint density at radius 3 is 2.26 bits per heavy atom. The molecule has 106 valence electrons. The molecule has 0 aromatic carbocycles. The molecule has 0 amide bonds. The fourth-order valence-corrected chi connectivity index (χ4v) is 2.72. The summed E-state index contributed by atoms with van der Waals surface area (Å²) in [6.07, 6.45) is 0. The molecular weight excluding hydrogens is 238 g/mol. The van der Waals surface area contributed by atoms with E-state index in [-0.39, 0.29) is 0 Å². The molecule has 1 aliphatic rings. The third-order valence-electron chi connectivity index (χ3n) is 4.42. The van der Waals surface area contributed by atoms with Crippen molar-refractivity contribution in [3.05, 3.63) is 16.8 Å². The second-order valence-electron chi connectivity index (χ2n) is 5.69.